The first-order chi connectivity index (χ1) is 19.6. The molecule has 0 saturated carbocycles. The lowest BCUT2D eigenvalue weighted by Crippen LogP contribution is -2.30. The maximum Gasteiger partial charge on any atom is 0.373 e. The predicted octanol–water partition coefficient (Wildman–Crippen LogP) is 5.41. The molecule has 2 N–H and O–H groups in total. The van der Waals surface area contributed by atoms with Crippen LogP contribution < -0.4 is 20.1 Å². The Kier molecular flexibility index (Phi) is 9.50. The molecule has 214 valence electrons. The van der Waals surface area contributed by atoms with Gasteiger partial charge in [0.25, 0.3) is 11.8 Å². The van der Waals surface area contributed by atoms with E-state index in [2.05, 4.69) is 47.2 Å². The highest BCUT2D eigenvalue weighted by Gasteiger charge is 2.35. The molecule has 11 nitrogen and oxygen atoms in total. The van der Waals surface area contributed by atoms with E-state index in [4.69, 9.17) is 13.9 Å². The lowest BCUT2D eigenvalue weighted by atomic mass is 10.1. The molecule has 1 aliphatic heterocycles. The highest BCUT2D eigenvalue weighted by atomic mass is 79.9. The van der Waals surface area contributed by atoms with Crippen LogP contribution in [0.5, 0.6) is 11.5 Å². The van der Waals surface area contributed by atoms with Gasteiger partial charge in [0, 0.05) is 10.2 Å². The number of carbonyl (C=O) groups is 4. The van der Waals surface area contributed by atoms with E-state index in [0.717, 1.165) is 10.5 Å². The molecule has 2 heterocycles. The normalized spacial score (nSPS) is 13.8. The standard InChI is InChI=1S/C28H25Br2N3O8/c1-4-39-21-12-16(23(29)24(30)25(21)40-14-22(34)31-18-8-6-5-7-15(18)2)11-19-26(35)33(28(37)32-19)13-17-9-10-20(41-17)27(36)38-3/h5-12H,4,13-14H2,1-3H3,(H,31,34)(H,32,37)/b19-11-. The molecular formula is C28H25Br2N3O8. The van der Waals surface area contributed by atoms with Crippen molar-refractivity contribution < 1.29 is 37.8 Å². The van der Waals surface area contributed by atoms with E-state index in [1.54, 1.807) is 19.1 Å². The Balaban J connectivity index is 1.53. The first kappa shape index (κ1) is 29.9. The molecule has 0 radical (unpaired) electrons. The van der Waals surface area contributed by atoms with Gasteiger partial charge in [-0.1, -0.05) is 18.2 Å². The van der Waals surface area contributed by atoms with Crippen LogP contribution in [-0.4, -0.2) is 49.0 Å². The number of benzene rings is 2. The number of nitrogens with zero attached hydrogens (tertiary/aromatic N) is 1. The first-order valence-corrected chi connectivity index (χ1v) is 13.9. The van der Waals surface area contributed by atoms with Crippen molar-refractivity contribution in [3.8, 4) is 11.5 Å². The number of rotatable bonds is 10. The second kappa shape index (κ2) is 13.0. The van der Waals surface area contributed by atoms with Crippen molar-refractivity contribution in [3.63, 3.8) is 0 Å². The van der Waals surface area contributed by atoms with E-state index in [0.29, 0.717) is 32.6 Å². The molecular weight excluding hydrogens is 666 g/mol. The van der Waals surface area contributed by atoms with Crippen LogP contribution in [0.3, 0.4) is 0 Å². The van der Waals surface area contributed by atoms with Crippen LogP contribution in [0.25, 0.3) is 6.08 Å². The smallest absolute Gasteiger partial charge is 0.373 e. The van der Waals surface area contributed by atoms with Gasteiger partial charge in [0.2, 0.25) is 5.76 Å². The van der Waals surface area contributed by atoms with Crippen molar-refractivity contribution in [1.29, 1.82) is 0 Å². The van der Waals surface area contributed by atoms with E-state index in [9.17, 15) is 19.2 Å². The molecule has 3 aromatic rings. The minimum atomic E-state index is -0.672. The lowest BCUT2D eigenvalue weighted by Gasteiger charge is -2.17. The Morgan fingerprint density at radius 1 is 1.10 bits per heavy atom. The first-order valence-electron chi connectivity index (χ1n) is 12.3. The summed E-state index contributed by atoms with van der Waals surface area (Å²) < 4.78 is 22.5. The third-order valence-electron chi connectivity index (χ3n) is 5.85. The molecule has 0 spiro atoms. The highest BCUT2D eigenvalue weighted by Crippen LogP contribution is 2.43. The summed E-state index contributed by atoms with van der Waals surface area (Å²) in [5.41, 5.74) is 2.10. The third-order valence-corrected chi connectivity index (χ3v) is 7.99. The van der Waals surface area contributed by atoms with E-state index in [1.165, 1.54) is 25.3 Å². The largest absolute Gasteiger partial charge is 0.490 e. The summed E-state index contributed by atoms with van der Waals surface area (Å²) in [7, 11) is 1.22. The number of amides is 4. The van der Waals surface area contributed by atoms with Crippen molar-refractivity contribution in [2.75, 3.05) is 25.6 Å². The Morgan fingerprint density at radius 3 is 2.56 bits per heavy atom. The molecule has 1 fully saturated rings. The number of hydrogen-bond acceptors (Lipinski definition) is 8. The van der Waals surface area contributed by atoms with Gasteiger partial charge in [-0.15, -0.1) is 0 Å². The predicted molar refractivity (Wildman–Crippen MR) is 155 cm³/mol. The number of furan rings is 1. The zero-order valence-electron chi connectivity index (χ0n) is 22.2. The highest BCUT2D eigenvalue weighted by molar-refractivity contribution is 9.13. The molecule has 41 heavy (non-hydrogen) atoms. The molecule has 4 rings (SSSR count). The third kappa shape index (κ3) is 6.80. The fraction of sp³-hybridized carbons (Fsp3) is 0.214. The van der Waals surface area contributed by atoms with Crippen LogP contribution >= 0.6 is 31.9 Å². The van der Waals surface area contributed by atoms with Crippen molar-refractivity contribution >= 4 is 67.4 Å². The van der Waals surface area contributed by atoms with Gasteiger partial charge in [-0.25, -0.2) is 9.59 Å². The number of halogens is 2. The van der Waals surface area contributed by atoms with Crippen molar-refractivity contribution in [2.24, 2.45) is 0 Å². The zero-order chi connectivity index (χ0) is 29.7. The van der Waals surface area contributed by atoms with Gasteiger partial charge in [0.15, 0.2) is 18.1 Å². The van der Waals surface area contributed by atoms with Crippen LogP contribution in [-0.2, 0) is 20.9 Å². The minimum Gasteiger partial charge on any atom is -0.490 e. The quantitative estimate of drug-likeness (QED) is 0.164. The molecule has 2 aromatic carbocycles. The summed E-state index contributed by atoms with van der Waals surface area (Å²) in [6, 6.07) is 11.2. The van der Waals surface area contributed by atoms with E-state index in [1.807, 2.05) is 25.1 Å². The number of nitrogens with one attached hydrogen (secondary N) is 2. The van der Waals surface area contributed by atoms with Crippen molar-refractivity contribution in [2.45, 2.75) is 20.4 Å². The number of esters is 1. The summed E-state index contributed by atoms with van der Waals surface area (Å²) in [5.74, 6) is -0.844. The van der Waals surface area contributed by atoms with Crippen molar-refractivity contribution in [3.05, 3.63) is 79.8 Å². The van der Waals surface area contributed by atoms with E-state index in [-0.39, 0.29) is 42.0 Å². The van der Waals surface area contributed by atoms with Gasteiger partial charge in [-0.2, -0.15) is 0 Å². The Morgan fingerprint density at radius 2 is 1.85 bits per heavy atom. The Bertz CT molecular complexity index is 1550. The molecule has 13 heteroatoms. The Hall–Kier alpha value is -4.10. The van der Waals surface area contributed by atoms with Crippen LogP contribution in [0.4, 0.5) is 10.5 Å². The monoisotopic (exact) mass is 689 g/mol. The molecule has 0 unspecified atom stereocenters. The summed E-state index contributed by atoms with van der Waals surface area (Å²) in [5, 5.41) is 5.36. The number of methoxy groups -OCH3 is 1. The number of urea groups is 1. The number of imide groups is 1. The number of para-hydroxylation sites is 1. The van der Waals surface area contributed by atoms with E-state index < -0.39 is 17.9 Å². The van der Waals surface area contributed by atoms with Gasteiger partial charge >= 0.3 is 12.0 Å². The molecule has 0 atom stereocenters. The summed E-state index contributed by atoms with van der Waals surface area (Å²) in [6.07, 6.45) is 1.48. The number of carbonyl (C=O) groups excluding carboxylic acids is 4. The summed E-state index contributed by atoms with van der Waals surface area (Å²) in [6.45, 7) is 3.51. The van der Waals surface area contributed by atoms with Crippen LogP contribution in [0, 0.1) is 6.92 Å². The topological polar surface area (TPSA) is 136 Å². The second-order valence-electron chi connectivity index (χ2n) is 8.64. The molecule has 1 aromatic heterocycles. The van der Waals surface area contributed by atoms with Crippen LogP contribution in [0.15, 0.2) is 61.5 Å². The molecule has 4 amide bonds. The van der Waals surface area contributed by atoms with Gasteiger partial charge in [0.05, 0.1) is 24.7 Å². The Labute approximate surface area is 252 Å². The number of anilines is 1. The molecule has 0 aliphatic carbocycles. The second-order valence-corrected chi connectivity index (χ2v) is 10.2. The fourth-order valence-corrected chi connectivity index (χ4v) is 4.79. The molecule has 1 saturated heterocycles. The van der Waals surface area contributed by atoms with Crippen LogP contribution in [0.2, 0.25) is 0 Å². The van der Waals surface area contributed by atoms with Crippen molar-refractivity contribution in [1.82, 2.24) is 10.2 Å². The molecule has 1 aliphatic rings. The summed E-state index contributed by atoms with van der Waals surface area (Å²) >= 11 is 6.98. The number of hydrogen-bond donors (Lipinski definition) is 2. The maximum atomic E-state index is 13.1. The lowest BCUT2D eigenvalue weighted by molar-refractivity contribution is -0.123. The number of aryl methyl sites for hydroxylation is 1. The number of ether oxygens (including phenoxy) is 3. The van der Waals surface area contributed by atoms with E-state index >= 15 is 0 Å². The van der Waals surface area contributed by atoms with Gasteiger partial charge < -0.3 is 29.3 Å². The van der Waals surface area contributed by atoms with Gasteiger partial charge in [-0.05, 0) is 87.2 Å². The summed E-state index contributed by atoms with van der Waals surface area (Å²) in [4.78, 5) is 50.8. The molecule has 0 bridgehead atoms. The van der Waals surface area contributed by atoms with Gasteiger partial charge in [-0.3, -0.25) is 14.5 Å². The zero-order valence-corrected chi connectivity index (χ0v) is 25.4. The SMILES string of the molecule is CCOc1cc(/C=C2\NC(=O)N(Cc3ccc(C(=O)OC)o3)C2=O)c(Br)c(Br)c1OCC(=O)Nc1ccccc1C. The van der Waals surface area contributed by atoms with Gasteiger partial charge in [0.1, 0.15) is 11.5 Å². The average molecular weight is 691 g/mol. The minimum absolute atomic E-state index is 0.0103. The fourth-order valence-electron chi connectivity index (χ4n) is 3.84. The maximum absolute atomic E-state index is 13.1. The average Bonchev–Trinajstić information content (AvgIpc) is 3.52. The van der Waals surface area contributed by atoms with Crippen LogP contribution in [0.1, 0.15) is 34.4 Å².